The Balaban J connectivity index is 2.03. The van der Waals surface area contributed by atoms with Crippen LogP contribution in [0, 0.1) is 6.92 Å². The van der Waals surface area contributed by atoms with Crippen LogP contribution in [-0.4, -0.2) is 35.7 Å². The molecule has 8 aromatic rings. The lowest BCUT2D eigenvalue weighted by Gasteiger charge is -2.25. The molecule has 0 aliphatic heterocycles. The summed E-state index contributed by atoms with van der Waals surface area (Å²) in [5.41, 5.74) is -0.580. The van der Waals surface area contributed by atoms with Crippen LogP contribution in [-0.2, 0) is 6.61 Å². The zero-order chi connectivity index (χ0) is 27.4. The molecular formula is C30H16O9. The molecule has 0 unspecified atom stereocenters. The van der Waals surface area contributed by atoms with Gasteiger partial charge in [0.15, 0.2) is 10.9 Å². The Kier molecular flexibility index (Phi) is 3.57. The van der Waals surface area contributed by atoms with E-state index in [1.54, 1.807) is 6.92 Å². The first-order valence-electron chi connectivity index (χ1n) is 12.0. The van der Waals surface area contributed by atoms with E-state index in [1.807, 2.05) is 0 Å². The molecular weight excluding hydrogens is 504 g/mol. The highest BCUT2D eigenvalue weighted by molar-refractivity contribution is 6.51. The number of aryl methyl sites for hydroxylation is 1. The average Bonchev–Trinajstić information content (AvgIpc) is 2.86. The smallest absolute Gasteiger partial charge is 0.190 e. The van der Waals surface area contributed by atoms with E-state index in [2.05, 4.69) is 0 Å². The van der Waals surface area contributed by atoms with E-state index in [4.69, 9.17) is 0 Å². The molecule has 0 saturated carbocycles. The van der Waals surface area contributed by atoms with E-state index < -0.39 is 46.2 Å². The zero-order valence-electron chi connectivity index (χ0n) is 20.0. The second-order valence-electron chi connectivity index (χ2n) is 10.2. The Morgan fingerprint density at radius 1 is 0.462 bits per heavy atom. The fraction of sp³-hybridized carbons (Fsp3) is 0.0667. The highest BCUT2D eigenvalue weighted by Gasteiger charge is 2.33. The molecule has 8 rings (SSSR count). The number of aliphatic hydroxyl groups excluding tert-OH is 1. The molecule has 9 nitrogen and oxygen atoms in total. The molecule has 0 fully saturated rings. The minimum atomic E-state index is -0.694. The lowest BCUT2D eigenvalue weighted by atomic mass is 9.77. The molecule has 0 spiro atoms. The normalized spacial score (nSPS) is 12.8. The standard InChI is InChI=1S/C30H16O9/c1-7-2-9(32)19-23-15(7)16-8(6-31)3-10(33)20-24(16)28-26-18(12(35)5-14(37)22(26)30(20)39)17-11(34)4-13(36)21(29(19)38)25(17)27(23)28/h2-5,31-32,35-39H,6H2,1H3. The Morgan fingerprint density at radius 2 is 0.897 bits per heavy atom. The lowest BCUT2D eigenvalue weighted by molar-refractivity contribution is 0.283. The first kappa shape index (κ1) is 21.8. The van der Waals surface area contributed by atoms with Gasteiger partial charge >= 0.3 is 0 Å². The van der Waals surface area contributed by atoms with Crippen molar-refractivity contribution < 1.29 is 35.7 Å². The second kappa shape index (κ2) is 6.40. The van der Waals surface area contributed by atoms with Crippen LogP contribution >= 0.6 is 0 Å². The molecule has 0 saturated heterocycles. The van der Waals surface area contributed by atoms with Crippen LogP contribution in [0.2, 0.25) is 0 Å². The number of phenolic OH excluding ortho intramolecular Hbond substituents is 6. The van der Waals surface area contributed by atoms with Crippen molar-refractivity contribution in [2.45, 2.75) is 13.5 Å². The number of aliphatic hydroxyl groups is 1. The van der Waals surface area contributed by atoms with Crippen LogP contribution in [0.25, 0.3) is 75.4 Å². The molecule has 0 aliphatic carbocycles. The number of phenols is 6. The predicted octanol–water partition coefficient (Wildman–Crippen LogP) is 4.26. The maximum absolute atomic E-state index is 13.4. The molecule has 0 atom stereocenters. The molecule has 9 heteroatoms. The molecule has 7 N–H and O–H groups in total. The molecule has 39 heavy (non-hydrogen) atoms. The van der Waals surface area contributed by atoms with E-state index in [-0.39, 0.29) is 70.6 Å². The summed E-state index contributed by atoms with van der Waals surface area (Å²) in [6.07, 6.45) is 0. The number of hydrogen-bond donors (Lipinski definition) is 7. The van der Waals surface area contributed by atoms with Crippen LogP contribution in [0.15, 0.2) is 33.9 Å². The van der Waals surface area contributed by atoms with Gasteiger partial charge < -0.3 is 35.7 Å². The van der Waals surface area contributed by atoms with Crippen LogP contribution in [0.4, 0.5) is 0 Å². The van der Waals surface area contributed by atoms with Crippen LogP contribution in [0.3, 0.4) is 0 Å². The van der Waals surface area contributed by atoms with Crippen molar-refractivity contribution in [1.82, 2.24) is 0 Å². The third-order valence-corrected chi connectivity index (χ3v) is 8.30. The number of aromatic hydroxyl groups is 6. The third kappa shape index (κ3) is 2.12. The van der Waals surface area contributed by atoms with Crippen molar-refractivity contribution in [3.8, 4) is 34.5 Å². The number of benzene rings is 8. The minimum absolute atomic E-state index is 0.0269. The van der Waals surface area contributed by atoms with E-state index in [0.717, 1.165) is 12.1 Å². The largest absolute Gasteiger partial charge is 0.507 e. The van der Waals surface area contributed by atoms with E-state index in [9.17, 15) is 45.3 Å². The SMILES string of the molecule is Cc1cc(O)c2c(O)c3c(O)cc(=O)c4c5c(O)cc(O)c6c(O)c7c(=O)cc(CO)c8c1c2c(c34)c(c65)c78. The summed E-state index contributed by atoms with van der Waals surface area (Å²) < 4.78 is 0. The molecule has 0 aromatic heterocycles. The van der Waals surface area contributed by atoms with Gasteiger partial charge in [0, 0.05) is 55.2 Å². The Bertz CT molecular complexity index is 2530. The van der Waals surface area contributed by atoms with Crippen molar-refractivity contribution in [2.75, 3.05) is 0 Å². The lowest BCUT2D eigenvalue weighted by Crippen LogP contribution is -2.09. The van der Waals surface area contributed by atoms with Crippen molar-refractivity contribution >= 4 is 75.4 Å². The summed E-state index contributed by atoms with van der Waals surface area (Å²) in [5, 5.41) is 78.6. The molecule has 0 bridgehead atoms. The van der Waals surface area contributed by atoms with Gasteiger partial charge in [0.05, 0.1) is 28.2 Å². The molecule has 0 heterocycles. The summed E-state index contributed by atoms with van der Waals surface area (Å²) in [6.45, 7) is 1.14. The first-order valence-corrected chi connectivity index (χ1v) is 12.0. The maximum atomic E-state index is 13.4. The van der Waals surface area contributed by atoms with Crippen LogP contribution < -0.4 is 10.9 Å². The van der Waals surface area contributed by atoms with Gasteiger partial charge in [0.25, 0.3) is 0 Å². The van der Waals surface area contributed by atoms with Crippen LogP contribution in [0.1, 0.15) is 11.1 Å². The van der Waals surface area contributed by atoms with E-state index in [1.165, 1.54) is 12.1 Å². The molecule has 190 valence electrons. The van der Waals surface area contributed by atoms with Gasteiger partial charge in [-0.05, 0) is 41.0 Å². The highest BCUT2D eigenvalue weighted by atomic mass is 16.3. The van der Waals surface area contributed by atoms with Gasteiger partial charge in [-0.25, -0.2) is 0 Å². The van der Waals surface area contributed by atoms with Crippen molar-refractivity contribution in [3.05, 3.63) is 55.8 Å². The zero-order valence-corrected chi connectivity index (χ0v) is 20.0. The number of fused-ring (bicyclic) bond motifs is 2. The monoisotopic (exact) mass is 520 g/mol. The summed E-state index contributed by atoms with van der Waals surface area (Å²) in [4.78, 5) is 26.8. The van der Waals surface area contributed by atoms with Gasteiger partial charge in [-0.1, -0.05) is 0 Å². The Hall–Kier alpha value is -5.28. The van der Waals surface area contributed by atoms with Crippen molar-refractivity contribution in [1.29, 1.82) is 0 Å². The number of rotatable bonds is 1. The summed E-state index contributed by atoms with van der Waals surface area (Å²) in [7, 11) is 0. The quantitative estimate of drug-likeness (QED) is 0.123. The highest BCUT2D eigenvalue weighted by Crippen LogP contribution is 2.59. The van der Waals surface area contributed by atoms with Crippen LogP contribution in [0.5, 0.6) is 34.5 Å². The number of hydrogen-bond acceptors (Lipinski definition) is 9. The third-order valence-electron chi connectivity index (χ3n) is 8.30. The first-order chi connectivity index (χ1) is 18.6. The van der Waals surface area contributed by atoms with E-state index >= 15 is 0 Å². The molecule has 0 aliphatic rings. The fourth-order valence-corrected chi connectivity index (χ4v) is 7.00. The molecule has 8 aromatic carbocycles. The topological polar surface area (TPSA) is 176 Å². The van der Waals surface area contributed by atoms with Crippen molar-refractivity contribution in [3.63, 3.8) is 0 Å². The fourth-order valence-electron chi connectivity index (χ4n) is 7.00. The van der Waals surface area contributed by atoms with Gasteiger partial charge in [-0.3, -0.25) is 9.59 Å². The van der Waals surface area contributed by atoms with Gasteiger partial charge in [0.1, 0.15) is 34.5 Å². The van der Waals surface area contributed by atoms with Gasteiger partial charge in [-0.2, -0.15) is 0 Å². The molecule has 0 amide bonds. The van der Waals surface area contributed by atoms with Gasteiger partial charge in [-0.15, -0.1) is 0 Å². The summed E-state index contributed by atoms with van der Waals surface area (Å²) in [5.74, 6) is -2.94. The predicted molar refractivity (Wildman–Crippen MR) is 147 cm³/mol. The van der Waals surface area contributed by atoms with Gasteiger partial charge in [0.2, 0.25) is 0 Å². The minimum Gasteiger partial charge on any atom is -0.507 e. The Morgan fingerprint density at radius 3 is 1.54 bits per heavy atom. The van der Waals surface area contributed by atoms with E-state index in [0.29, 0.717) is 21.7 Å². The summed E-state index contributed by atoms with van der Waals surface area (Å²) >= 11 is 0. The second-order valence-corrected chi connectivity index (χ2v) is 10.2. The molecule has 0 radical (unpaired) electrons. The maximum Gasteiger partial charge on any atom is 0.190 e. The average molecular weight is 520 g/mol. The van der Waals surface area contributed by atoms with Crippen molar-refractivity contribution in [2.24, 2.45) is 0 Å². The Labute approximate surface area is 215 Å². The summed E-state index contributed by atoms with van der Waals surface area (Å²) in [6, 6.07) is 4.44.